The van der Waals surface area contributed by atoms with Crippen LogP contribution in [0.4, 0.5) is 0 Å². The van der Waals surface area contributed by atoms with Crippen LogP contribution in [-0.4, -0.2) is 5.78 Å². The Bertz CT molecular complexity index is 367. The molecule has 1 saturated carbocycles. The van der Waals surface area contributed by atoms with Crippen molar-refractivity contribution in [3.05, 3.63) is 35.4 Å². The van der Waals surface area contributed by atoms with Crippen LogP contribution in [0.25, 0.3) is 0 Å². The van der Waals surface area contributed by atoms with Crippen LogP contribution in [0.2, 0.25) is 0 Å². The van der Waals surface area contributed by atoms with Crippen molar-refractivity contribution in [1.29, 1.82) is 0 Å². The monoisotopic (exact) mass is 216 g/mol. The maximum Gasteiger partial charge on any atom is 0.133 e. The third kappa shape index (κ3) is 2.94. The zero-order chi connectivity index (χ0) is 11.4. The third-order valence-electron chi connectivity index (χ3n) is 3.60. The van der Waals surface area contributed by atoms with E-state index in [1.165, 1.54) is 24.0 Å². The Morgan fingerprint density at radius 1 is 1.25 bits per heavy atom. The number of ketones is 1. The van der Waals surface area contributed by atoms with Gasteiger partial charge in [0.05, 0.1) is 0 Å². The molecule has 0 spiro atoms. The lowest BCUT2D eigenvalue weighted by Crippen LogP contribution is -2.09. The van der Waals surface area contributed by atoms with Gasteiger partial charge in [-0.25, -0.2) is 0 Å². The van der Waals surface area contributed by atoms with E-state index in [0.717, 1.165) is 25.7 Å². The lowest BCUT2D eigenvalue weighted by atomic mass is 9.90. The van der Waals surface area contributed by atoms with Gasteiger partial charge in [-0.05, 0) is 43.2 Å². The van der Waals surface area contributed by atoms with E-state index in [9.17, 15) is 4.79 Å². The Kier molecular flexibility index (Phi) is 3.76. The van der Waals surface area contributed by atoms with Gasteiger partial charge in [0.15, 0.2) is 0 Å². The minimum Gasteiger partial charge on any atom is -0.300 e. The van der Waals surface area contributed by atoms with Crippen molar-refractivity contribution in [2.24, 2.45) is 5.92 Å². The van der Waals surface area contributed by atoms with Crippen molar-refractivity contribution in [2.75, 3.05) is 0 Å². The summed E-state index contributed by atoms with van der Waals surface area (Å²) in [6, 6.07) is 8.54. The molecule has 0 amide bonds. The normalized spacial score (nSPS) is 21.8. The minimum atomic E-state index is 0.469. The first-order valence-corrected chi connectivity index (χ1v) is 6.32. The molecular formula is C15H20O. The Labute approximate surface area is 97.9 Å². The molecule has 1 aromatic carbocycles. The van der Waals surface area contributed by atoms with Crippen molar-refractivity contribution < 1.29 is 4.79 Å². The summed E-state index contributed by atoms with van der Waals surface area (Å²) in [7, 11) is 0. The van der Waals surface area contributed by atoms with E-state index in [1.54, 1.807) is 0 Å². The maximum absolute atomic E-state index is 11.6. The molecule has 1 atom stereocenters. The summed E-state index contributed by atoms with van der Waals surface area (Å²) < 4.78 is 0. The standard InChI is InChI=1S/C15H20O/c1-12-6-2-4-8-14(12)10-13-7-3-5-9-15(16)11-13/h2,4,6,8,13H,3,5,7,9-11H2,1H3. The fraction of sp³-hybridized carbons (Fsp3) is 0.533. The van der Waals surface area contributed by atoms with Gasteiger partial charge in [0.1, 0.15) is 5.78 Å². The minimum absolute atomic E-state index is 0.469. The zero-order valence-electron chi connectivity index (χ0n) is 10.0. The Hall–Kier alpha value is -1.11. The van der Waals surface area contributed by atoms with Crippen LogP contribution < -0.4 is 0 Å². The van der Waals surface area contributed by atoms with Crippen LogP contribution in [0.3, 0.4) is 0 Å². The molecule has 2 rings (SSSR count). The first-order valence-electron chi connectivity index (χ1n) is 6.32. The lowest BCUT2D eigenvalue weighted by Gasteiger charge is -2.14. The second-order valence-corrected chi connectivity index (χ2v) is 4.99. The zero-order valence-corrected chi connectivity index (χ0v) is 10.0. The Morgan fingerprint density at radius 2 is 2.06 bits per heavy atom. The van der Waals surface area contributed by atoms with Crippen LogP contribution in [-0.2, 0) is 11.2 Å². The second kappa shape index (κ2) is 5.29. The van der Waals surface area contributed by atoms with Gasteiger partial charge in [-0.1, -0.05) is 30.7 Å². The third-order valence-corrected chi connectivity index (χ3v) is 3.60. The van der Waals surface area contributed by atoms with Crippen molar-refractivity contribution >= 4 is 5.78 Å². The van der Waals surface area contributed by atoms with E-state index in [2.05, 4.69) is 31.2 Å². The first-order chi connectivity index (χ1) is 7.75. The van der Waals surface area contributed by atoms with Gasteiger partial charge in [0, 0.05) is 12.8 Å². The molecule has 0 bridgehead atoms. The highest BCUT2D eigenvalue weighted by molar-refractivity contribution is 5.78. The number of aryl methyl sites for hydroxylation is 1. The molecule has 1 aliphatic carbocycles. The molecule has 1 aromatic rings. The fourth-order valence-electron chi connectivity index (χ4n) is 2.61. The van der Waals surface area contributed by atoms with Gasteiger partial charge >= 0.3 is 0 Å². The average Bonchev–Trinajstić information content (AvgIpc) is 2.46. The largest absolute Gasteiger partial charge is 0.300 e. The fourth-order valence-corrected chi connectivity index (χ4v) is 2.61. The first kappa shape index (κ1) is 11.4. The molecule has 0 aliphatic heterocycles. The quantitative estimate of drug-likeness (QED) is 0.689. The van der Waals surface area contributed by atoms with Crippen LogP contribution in [0.1, 0.15) is 43.2 Å². The summed E-state index contributed by atoms with van der Waals surface area (Å²) >= 11 is 0. The van der Waals surface area contributed by atoms with Crippen molar-refractivity contribution in [3.8, 4) is 0 Å². The number of carbonyl (C=O) groups is 1. The molecule has 1 nitrogen and oxygen atoms in total. The second-order valence-electron chi connectivity index (χ2n) is 4.99. The molecule has 0 radical (unpaired) electrons. The van der Waals surface area contributed by atoms with Crippen molar-refractivity contribution in [1.82, 2.24) is 0 Å². The molecule has 0 aromatic heterocycles. The van der Waals surface area contributed by atoms with Crippen molar-refractivity contribution in [2.45, 2.75) is 45.4 Å². The number of hydrogen-bond acceptors (Lipinski definition) is 1. The van der Waals surface area contributed by atoms with Crippen LogP contribution in [0.15, 0.2) is 24.3 Å². The molecule has 0 heterocycles. The number of benzene rings is 1. The van der Waals surface area contributed by atoms with E-state index in [-0.39, 0.29) is 0 Å². The highest BCUT2D eigenvalue weighted by Gasteiger charge is 2.18. The average molecular weight is 216 g/mol. The SMILES string of the molecule is Cc1ccccc1CC1CCCCC(=O)C1. The van der Waals surface area contributed by atoms with Gasteiger partial charge in [-0.3, -0.25) is 4.79 Å². The summed E-state index contributed by atoms with van der Waals surface area (Å²) in [4.78, 5) is 11.6. The van der Waals surface area contributed by atoms with Gasteiger partial charge < -0.3 is 0 Å². The number of Topliss-reactive ketones (excluding diaryl/α,β-unsaturated/α-hetero) is 1. The Balaban J connectivity index is 2.03. The number of rotatable bonds is 2. The van der Waals surface area contributed by atoms with E-state index >= 15 is 0 Å². The number of carbonyl (C=O) groups excluding carboxylic acids is 1. The van der Waals surface area contributed by atoms with Gasteiger partial charge in [0.25, 0.3) is 0 Å². The molecule has 1 fully saturated rings. The van der Waals surface area contributed by atoms with Gasteiger partial charge in [-0.2, -0.15) is 0 Å². The molecule has 0 N–H and O–H groups in total. The molecule has 1 heteroatoms. The highest BCUT2D eigenvalue weighted by Crippen LogP contribution is 2.25. The van der Waals surface area contributed by atoms with Gasteiger partial charge in [0.2, 0.25) is 0 Å². The lowest BCUT2D eigenvalue weighted by molar-refractivity contribution is -0.119. The summed E-state index contributed by atoms with van der Waals surface area (Å²) in [5.74, 6) is 1.05. The summed E-state index contributed by atoms with van der Waals surface area (Å²) in [5.41, 5.74) is 2.78. The van der Waals surface area contributed by atoms with Crippen molar-refractivity contribution in [3.63, 3.8) is 0 Å². The van der Waals surface area contributed by atoms with Crippen LogP contribution in [0.5, 0.6) is 0 Å². The van der Waals surface area contributed by atoms with Gasteiger partial charge in [-0.15, -0.1) is 0 Å². The smallest absolute Gasteiger partial charge is 0.133 e. The molecular weight excluding hydrogens is 196 g/mol. The predicted molar refractivity (Wildman–Crippen MR) is 66.5 cm³/mol. The molecule has 0 saturated heterocycles. The molecule has 86 valence electrons. The van der Waals surface area contributed by atoms with E-state index in [0.29, 0.717) is 11.7 Å². The van der Waals surface area contributed by atoms with Crippen LogP contribution in [0, 0.1) is 12.8 Å². The summed E-state index contributed by atoms with van der Waals surface area (Å²) in [5, 5.41) is 0. The van der Waals surface area contributed by atoms with Crippen LogP contribution >= 0.6 is 0 Å². The maximum atomic E-state index is 11.6. The van der Waals surface area contributed by atoms with E-state index in [4.69, 9.17) is 0 Å². The Morgan fingerprint density at radius 3 is 2.88 bits per heavy atom. The number of hydrogen-bond donors (Lipinski definition) is 0. The summed E-state index contributed by atoms with van der Waals surface area (Å²) in [6.07, 6.45) is 6.24. The van der Waals surface area contributed by atoms with E-state index in [1.807, 2.05) is 0 Å². The predicted octanol–water partition coefficient (Wildman–Crippen LogP) is 3.69. The molecule has 1 unspecified atom stereocenters. The van der Waals surface area contributed by atoms with E-state index < -0.39 is 0 Å². The topological polar surface area (TPSA) is 17.1 Å². The molecule has 1 aliphatic rings. The summed E-state index contributed by atoms with van der Waals surface area (Å²) in [6.45, 7) is 2.16. The molecule has 16 heavy (non-hydrogen) atoms. The highest BCUT2D eigenvalue weighted by atomic mass is 16.1.